The third-order valence-corrected chi connectivity index (χ3v) is 4.96. The summed E-state index contributed by atoms with van der Waals surface area (Å²) in [6, 6.07) is 7.51. The summed E-state index contributed by atoms with van der Waals surface area (Å²) in [6.07, 6.45) is 2.17. The van der Waals surface area contributed by atoms with Gasteiger partial charge >= 0.3 is 5.97 Å². The van der Waals surface area contributed by atoms with Crippen LogP contribution in [-0.2, 0) is 9.59 Å². The molecular weight excluding hydrogens is 294 g/mol. The molecule has 1 N–H and O–H groups in total. The Balaban J connectivity index is 2.14. The Labute approximate surface area is 137 Å². The summed E-state index contributed by atoms with van der Waals surface area (Å²) in [6.45, 7) is 4.43. The molecule has 0 saturated heterocycles. The van der Waals surface area contributed by atoms with Crippen molar-refractivity contribution in [3.05, 3.63) is 29.8 Å². The number of ether oxygens (including phenoxy) is 1. The number of nitrogens with zero attached hydrogens (tertiary/aromatic N) is 1. The van der Waals surface area contributed by atoms with Crippen molar-refractivity contribution in [3.8, 4) is 5.75 Å². The average molecular weight is 319 g/mol. The number of aliphatic carboxylic acids is 1. The molecular formula is C18H25NO4. The minimum atomic E-state index is -0.849. The molecule has 0 spiro atoms. The number of methoxy groups -OCH3 is 1. The first kappa shape index (κ1) is 17.3. The van der Waals surface area contributed by atoms with Crippen LogP contribution >= 0.6 is 0 Å². The molecule has 1 aromatic rings. The maximum Gasteiger partial charge on any atom is 0.310 e. The number of carbonyl (C=O) groups is 2. The monoisotopic (exact) mass is 319 g/mol. The van der Waals surface area contributed by atoms with Gasteiger partial charge in [-0.2, -0.15) is 0 Å². The lowest BCUT2D eigenvalue weighted by atomic mass is 9.66. The topological polar surface area (TPSA) is 66.8 Å². The lowest BCUT2D eigenvalue weighted by molar-refractivity contribution is -0.160. The van der Waals surface area contributed by atoms with Gasteiger partial charge in [0.05, 0.1) is 18.6 Å². The van der Waals surface area contributed by atoms with Gasteiger partial charge in [0.1, 0.15) is 5.75 Å². The van der Waals surface area contributed by atoms with E-state index in [0.29, 0.717) is 19.4 Å². The molecule has 23 heavy (non-hydrogen) atoms. The third kappa shape index (κ3) is 3.49. The molecule has 0 aromatic heterocycles. The zero-order valence-electron chi connectivity index (χ0n) is 14.0. The molecule has 5 nitrogen and oxygen atoms in total. The second kappa shape index (κ2) is 7.02. The highest BCUT2D eigenvalue weighted by Crippen LogP contribution is 2.45. The second-order valence-corrected chi connectivity index (χ2v) is 6.25. The minimum Gasteiger partial charge on any atom is -0.497 e. The summed E-state index contributed by atoms with van der Waals surface area (Å²) in [4.78, 5) is 25.9. The van der Waals surface area contributed by atoms with Gasteiger partial charge in [-0.3, -0.25) is 9.59 Å². The number of rotatable bonds is 7. The summed E-state index contributed by atoms with van der Waals surface area (Å²) in [5.74, 6) is -0.189. The summed E-state index contributed by atoms with van der Waals surface area (Å²) in [7, 11) is 1.61. The van der Waals surface area contributed by atoms with Crippen LogP contribution in [0, 0.1) is 5.41 Å². The molecule has 1 aromatic carbocycles. The molecule has 5 heteroatoms. The van der Waals surface area contributed by atoms with E-state index in [1.165, 1.54) is 0 Å². The molecule has 0 bridgehead atoms. The Morgan fingerprint density at radius 3 is 2.57 bits per heavy atom. The smallest absolute Gasteiger partial charge is 0.310 e. The summed E-state index contributed by atoms with van der Waals surface area (Å²) in [5, 5.41) is 9.42. The number of carboxylic acids is 1. The van der Waals surface area contributed by atoms with Crippen LogP contribution in [0.15, 0.2) is 24.3 Å². The fourth-order valence-corrected chi connectivity index (χ4v) is 3.21. The number of hydrogen-bond acceptors (Lipinski definition) is 3. The molecule has 1 atom stereocenters. The number of benzene rings is 1. The van der Waals surface area contributed by atoms with Crippen molar-refractivity contribution in [2.24, 2.45) is 5.41 Å². The minimum absolute atomic E-state index is 0.0878. The van der Waals surface area contributed by atoms with E-state index in [2.05, 4.69) is 0 Å². The van der Waals surface area contributed by atoms with Crippen LogP contribution in [0.4, 0.5) is 0 Å². The Kier molecular flexibility index (Phi) is 5.29. The summed E-state index contributed by atoms with van der Waals surface area (Å²) >= 11 is 0. The van der Waals surface area contributed by atoms with Crippen molar-refractivity contribution in [3.63, 3.8) is 0 Å². The Morgan fingerprint density at radius 1 is 1.39 bits per heavy atom. The molecule has 0 aliphatic heterocycles. The van der Waals surface area contributed by atoms with Gasteiger partial charge < -0.3 is 14.7 Å². The first-order chi connectivity index (χ1) is 10.9. The predicted molar refractivity (Wildman–Crippen MR) is 87.3 cm³/mol. The fraction of sp³-hybridized carbons (Fsp3) is 0.556. The highest BCUT2D eigenvalue weighted by atomic mass is 16.5. The molecule has 1 aliphatic carbocycles. The van der Waals surface area contributed by atoms with E-state index in [1.54, 1.807) is 12.0 Å². The van der Waals surface area contributed by atoms with E-state index in [-0.39, 0.29) is 18.4 Å². The summed E-state index contributed by atoms with van der Waals surface area (Å²) < 4.78 is 5.24. The van der Waals surface area contributed by atoms with Gasteiger partial charge in [-0.1, -0.05) is 18.6 Å². The largest absolute Gasteiger partial charge is 0.497 e. The Bertz CT molecular complexity index is 580. The van der Waals surface area contributed by atoms with E-state index in [0.717, 1.165) is 17.7 Å². The van der Waals surface area contributed by atoms with Crippen LogP contribution in [-0.4, -0.2) is 35.5 Å². The molecule has 1 unspecified atom stereocenters. The van der Waals surface area contributed by atoms with Crippen LogP contribution in [0.3, 0.4) is 0 Å². The van der Waals surface area contributed by atoms with Gasteiger partial charge in [0, 0.05) is 13.0 Å². The van der Waals surface area contributed by atoms with Crippen molar-refractivity contribution < 1.29 is 19.4 Å². The van der Waals surface area contributed by atoms with E-state index < -0.39 is 11.4 Å². The quantitative estimate of drug-likeness (QED) is 0.838. The van der Waals surface area contributed by atoms with Crippen molar-refractivity contribution in [1.29, 1.82) is 0 Å². The molecule has 0 radical (unpaired) electrons. The number of carbonyl (C=O) groups excluding carboxylic acids is 1. The highest BCUT2D eigenvalue weighted by Gasteiger charge is 2.46. The lowest BCUT2D eigenvalue weighted by Gasteiger charge is -2.39. The fourth-order valence-electron chi connectivity index (χ4n) is 3.21. The standard InChI is InChI=1S/C18H25NO4/c1-4-19(13(2)14-7-5-8-15(11-14)23-3)16(20)12-18(17(21)22)9-6-10-18/h5,7-8,11,13H,4,6,9-10,12H2,1-3H3,(H,21,22). The van der Waals surface area contributed by atoms with E-state index in [4.69, 9.17) is 4.74 Å². The maximum absolute atomic E-state index is 12.7. The third-order valence-electron chi connectivity index (χ3n) is 4.96. The zero-order valence-corrected chi connectivity index (χ0v) is 14.0. The van der Waals surface area contributed by atoms with Gasteiger partial charge in [-0.25, -0.2) is 0 Å². The van der Waals surface area contributed by atoms with Crippen molar-refractivity contribution >= 4 is 11.9 Å². The Morgan fingerprint density at radius 2 is 2.09 bits per heavy atom. The number of amides is 1. The molecule has 1 saturated carbocycles. The zero-order chi connectivity index (χ0) is 17.0. The first-order valence-corrected chi connectivity index (χ1v) is 8.10. The van der Waals surface area contributed by atoms with Crippen LogP contribution in [0.2, 0.25) is 0 Å². The SMILES string of the molecule is CCN(C(=O)CC1(C(=O)O)CCC1)C(C)c1cccc(OC)c1. The molecule has 1 fully saturated rings. The molecule has 2 rings (SSSR count). The van der Waals surface area contributed by atoms with Crippen LogP contribution in [0.25, 0.3) is 0 Å². The van der Waals surface area contributed by atoms with E-state index >= 15 is 0 Å². The number of carboxylic acid groups (broad SMARTS) is 1. The Hall–Kier alpha value is -2.04. The van der Waals surface area contributed by atoms with Crippen molar-refractivity contribution in [2.75, 3.05) is 13.7 Å². The second-order valence-electron chi connectivity index (χ2n) is 6.25. The van der Waals surface area contributed by atoms with Gasteiger partial charge in [0.2, 0.25) is 5.91 Å². The van der Waals surface area contributed by atoms with Crippen molar-refractivity contribution in [1.82, 2.24) is 4.90 Å². The van der Waals surface area contributed by atoms with Crippen LogP contribution in [0.1, 0.15) is 51.1 Å². The molecule has 1 aliphatic rings. The predicted octanol–water partition coefficient (Wildman–Crippen LogP) is 3.25. The van der Waals surface area contributed by atoms with Gasteiger partial charge in [-0.15, -0.1) is 0 Å². The first-order valence-electron chi connectivity index (χ1n) is 8.10. The van der Waals surface area contributed by atoms with E-state index in [1.807, 2.05) is 38.1 Å². The lowest BCUT2D eigenvalue weighted by Crippen LogP contribution is -2.44. The van der Waals surface area contributed by atoms with Crippen molar-refractivity contribution in [2.45, 2.75) is 45.6 Å². The van der Waals surface area contributed by atoms with Crippen LogP contribution < -0.4 is 4.74 Å². The normalized spacial score (nSPS) is 17.0. The maximum atomic E-state index is 12.7. The molecule has 126 valence electrons. The average Bonchev–Trinajstić information content (AvgIpc) is 2.51. The molecule has 1 amide bonds. The van der Waals surface area contributed by atoms with Gasteiger partial charge in [0.15, 0.2) is 0 Å². The van der Waals surface area contributed by atoms with Gasteiger partial charge in [-0.05, 0) is 44.4 Å². The highest BCUT2D eigenvalue weighted by molar-refractivity contribution is 5.86. The molecule has 0 heterocycles. The van der Waals surface area contributed by atoms with E-state index in [9.17, 15) is 14.7 Å². The number of hydrogen-bond donors (Lipinski definition) is 1. The van der Waals surface area contributed by atoms with Crippen LogP contribution in [0.5, 0.6) is 5.75 Å². The summed E-state index contributed by atoms with van der Waals surface area (Å²) in [5.41, 5.74) is 0.135. The van der Waals surface area contributed by atoms with Gasteiger partial charge in [0.25, 0.3) is 0 Å².